The first-order valence-electron chi connectivity index (χ1n) is 5.22. The molecule has 0 atom stereocenters. The van der Waals surface area contributed by atoms with Gasteiger partial charge in [-0.2, -0.15) is 0 Å². The van der Waals surface area contributed by atoms with E-state index in [0.717, 1.165) is 0 Å². The molecule has 0 aromatic heterocycles. The van der Waals surface area contributed by atoms with Gasteiger partial charge in [0.05, 0.1) is 11.9 Å². The van der Waals surface area contributed by atoms with Crippen molar-refractivity contribution in [3.8, 4) is 11.1 Å². The maximum Gasteiger partial charge on any atom is 1.00 e. The molecule has 0 heterocycles. The molecule has 0 saturated carbocycles. The number of benzene rings is 2. The number of hydrogen-bond donors (Lipinski definition) is 0. The molecule has 0 fully saturated rings. The fourth-order valence-corrected chi connectivity index (χ4v) is 1.80. The van der Waals surface area contributed by atoms with Gasteiger partial charge in [0, 0.05) is 11.1 Å². The van der Waals surface area contributed by atoms with Crippen molar-refractivity contribution in [3.63, 3.8) is 0 Å². The Bertz CT molecular complexity index is 614. The van der Waals surface area contributed by atoms with Crippen LogP contribution in [0, 0.1) is 0 Å². The zero-order valence-corrected chi connectivity index (χ0v) is 16.4. The second kappa shape index (κ2) is 9.12. The van der Waals surface area contributed by atoms with Crippen LogP contribution in [0.5, 0.6) is 0 Å². The molecule has 90 valence electrons. The van der Waals surface area contributed by atoms with E-state index in [9.17, 15) is 19.8 Å². The van der Waals surface area contributed by atoms with Crippen molar-refractivity contribution in [1.82, 2.24) is 0 Å². The van der Waals surface area contributed by atoms with Crippen molar-refractivity contribution in [1.29, 1.82) is 0 Å². The van der Waals surface area contributed by atoms with E-state index >= 15 is 0 Å². The minimum Gasteiger partial charge on any atom is -0.545 e. The van der Waals surface area contributed by atoms with Gasteiger partial charge in [0.1, 0.15) is 0 Å². The average molecular weight is 302 g/mol. The molecular weight excluding hydrogens is 294 g/mol. The third kappa shape index (κ3) is 4.51. The van der Waals surface area contributed by atoms with Crippen LogP contribution in [0.15, 0.2) is 48.5 Å². The molecule has 0 N–H and O–H groups in total. The number of carboxylic acid groups (broad SMARTS) is 2. The molecule has 0 unspecified atom stereocenters. The second-order valence-corrected chi connectivity index (χ2v) is 3.67. The molecule has 0 bridgehead atoms. The minimum atomic E-state index is -1.54. The van der Waals surface area contributed by atoms with Gasteiger partial charge in [-0.3, -0.25) is 0 Å². The first kappa shape index (κ1) is 20.0. The van der Waals surface area contributed by atoms with Gasteiger partial charge in [-0.25, -0.2) is 0 Å². The number of carboxylic acids is 2. The Morgan fingerprint density at radius 1 is 0.800 bits per heavy atom. The third-order valence-electron chi connectivity index (χ3n) is 2.57. The summed E-state index contributed by atoms with van der Waals surface area (Å²) >= 11 is 0. The van der Waals surface area contributed by atoms with Gasteiger partial charge in [-0.15, -0.1) is 0 Å². The third-order valence-corrected chi connectivity index (χ3v) is 2.57. The van der Waals surface area contributed by atoms with E-state index < -0.39 is 11.9 Å². The Morgan fingerprint density at radius 3 is 1.90 bits per heavy atom. The van der Waals surface area contributed by atoms with Crippen LogP contribution in [0.3, 0.4) is 0 Å². The van der Waals surface area contributed by atoms with Crippen LogP contribution in [0.2, 0.25) is 0 Å². The van der Waals surface area contributed by atoms with Crippen LogP contribution in [-0.4, -0.2) is 11.9 Å². The van der Waals surface area contributed by atoms with Crippen molar-refractivity contribution in [2.75, 3.05) is 0 Å². The van der Waals surface area contributed by atoms with Gasteiger partial charge in [0.2, 0.25) is 0 Å². The molecule has 2 rings (SSSR count). The SMILES string of the molecule is O=C([O-])c1cccc(-c2ccccc2)c1C(=O)[O-].[K+].[Na+]. The fourth-order valence-electron chi connectivity index (χ4n) is 1.80. The predicted octanol–water partition coefficient (Wildman–Crippen LogP) is -5.91. The summed E-state index contributed by atoms with van der Waals surface area (Å²) in [5, 5.41) is 22.0. The van der Waals surface area contributed by atoms with Crippen molar-refractivity contribution in [2.45, 2.75) is 0 Å². The average Bonchev–Trinajstić information content (AvgIpc) is 2.38. The fraction of sp³-hybridized carbons (Fsp3) is 0. The maximum absolute atomic E-state index is 11.1. The molecule has 2 aromatic carbocycles. The topological polar surface area (TPSA) is 80.3 Å². The van der Waals surface area contributed by atoms with Crippen molar-refractivity contribution in [2.24, 2.45) is 0 Å². The summed E-state index contributed by atoms with van der Waals surface area (Å²) in [5.41, 5.74) is 0.178. The summed E-state index contributed by atoms with van der Waals surface area (Å²) in [6.45, 7) is 0. The molecule has 0 saturated heterocycles. The summed E-state index contributed by atoms with van der Waals surface area (Å²) in [7, 11) is 0. The largest absolute Gasteiger partial charge is 1.00 e. The van der Waals surface area contributed by atoms with Gasteiger partial charge < -0.3 is 19.8 Å². The van der Waals surface area contributed by atoms with Crippen molar-refractivity contribution >= 4 is 11.9 Å². The van der Waals surface area contributed by atoms with Crippen LogP contribution in [-0.2, 0) is 0 Å². The summed E-state index contributed by atoms with van der Waals surface area (Å²) in [6.07, 6.45) is 0. The number of carbonyl (C=O) groups excluding carboxylic acids is 2. The molecule has 4 nitrogen and oxygen atoms in total. The van der Waals surface area contributed by atoms with Crippen LogP contribution >= 0.6 is 0 Å². The van der Waals surface area contributed by atoms with Gasteiger partial charge in [0.15, 0.2) is 0 Å². The van der Waals surface area contributed by atoms with E-state index in [1.807, 2.05) is 0 Å². The zero-order chi connectivity index (χ0) is 13.1. The summed E-state index contributed by atoms with van der Waals surface area (Å²) in [6, 6.07) is 12.8. The van der Waals surface area contributed by atoms with Crippen LogP contribution in [0.4, 0.5) is 0 Å². The van der Waals surface area contributed by atoms with Crippen LogP contribution in [0.1, 0.15) is 20.7 Å². The van der Waals surface area contributed by atoms with Gasteiger partial charge in [-0.05, 0) is 11.1 Å². The second-order valence-electron chi connectivity index (χ2n) is 3.67. The first-order chi connectivity index (χ1) is 8.61. The summed E-state index contributed by atoms with van der Waals surface area (Å²) in [4.78, 5) is 22.0. The van der Waals surface area contributed by atoms with Gasteiger partial charge >= 0.3 is 80.9 Å². The van der Waals surface area contributed by atoms with Gasteiger partial charge in [0.25, 0.3) is 0 Å². The maximum atomic E-state index is 11.1. The summed E-state index contributed by atoms with van der Waals surface area (Å²) < 4.78 is 0. The smallest absolute Gasteiger partial charge is 0.545 e. The van der Waals surface area contributed by atoms with E-state index in [1.165, 1.54) is 18.2 Å². The number of carbonyl (C=O) groups is 2. The standard InChI is InChI=1S/C14H10O4.K.Na/c15-13(16)11-8-4-7-10(12(11)14(17)18)9-5-2-1-3-6-9;;/h1-8H,(H,15,16)(H,17,18);;/q;2*+1/p-2. The Labute approximate surface area is 180 Å². The Hall–Kier alpha value is 0.0164. The Balaban J connectivity index is 0.00000180. The normalized spacial score (nSPS) is 9.00. The Morgan fingerprint density at radius 2 is 1.40 bits per heavy atom. The molecule has 0 radical (unpaired) electrons. The molecule has 0 aliphatic rings. The molecule has 0 spiro atoms. The van der Waals surface area contributed by atoms with Crippen LogP contribution < -0.4 is 91.2 Å². The Kier molecular flexibility index (Phi) is 9.13. The monoisotopic (exact) mass is 302 g/mol. The molecule has 0 amide bonds. The zero-order valence-electron chi connectivity index (χ0n) is 11.3. The van der Waals surface area contributed by atoms with Gasteiger partial charge in [-0.1, -0.05) is 48.5 Å². The van der Waals surface area contributed by atoms with E-state index in [4.69, 9.17) is 0 Å². The van der Waals surface area contributed by atoms with Crippen LogP contribution in [0.25, 0.3) is 11.1 Å². The quantitative estimate of drug-likeness (QED) is 0.529. The van der Waals surface area contributed by atoms with E-state index in [2.05, 4.69) is 0 Å². The number of hydrogen-bond acceptors (Lipinski definition) is 4. The minimum absolute atomic E-state index is 0. The predicted molar refractivity (Wildman–Crippen MR) is 60.5 cm³/mol. The van der Waals surface area contributed by atoms with E-state index in [1.54, 1.807) is 30.3 Å². The molecule has 6 heteroatoms. The number of aromatic carboxylic acids is 2. The molecule has 0 aliphatic carbocycles. The van der Waals surface area contributed by atoms with E-state index in [0.29, 0.717) is 11.1 Å². The molecule has 0 aliphatic heterocycles. The van der Waals surface area contributed by atoms with Crippen molar-refractivity contribution < 1.29 is 101 Å². The first-order valence-corrected chi connectivity index (χ1v) is 5.22. The number of rotatable bonds is 3. The van der Waals surface area contributed by atoms with E-state index in [-0.39, 0.29) is 92.1 Å². The molecular formula is C14H8KNaO4. The molecule has 20 heavy (non-hydrogen) atoms. The summed E-state index contributed by atoms with van der Waals surface area (Å²) in [5.74, 6) is -3.07. The molecule has 2 aromatic rings. The van der Waals surface area contributed by atoms with Crippen molar-refractivity contribution in [3.05, 3.63) is 59.7 Å².